The molecule has 12 heteroatoms. The first-order chi connectivity index (χ1) is 22.8. The maximum atomic E-state index is 14.0. The average Bonchev–Trinajstić information content (AvgIpc) is 3.48. The van der Waals surface area contributed by atoms with Crippen LogP contribution in [0.25, 0.3) is 22.5 Å². The van der Waals surface area contributed by atoms with Crippen LogP contribution in [0.2, 0.25) is 0 Å². The predicted octanol–water partition coefficient (Wildman–Crippen LogP) is 4.83. The minimum absolute atomic E-state index is 0.0636. The Bertz CT molecular complexity index is 1580. The quantitative estimate of drug-likeness (QED) is 0.186. The predicted molar refractivity (Wildman–Crippen MR) is 180 cm³/mol. The SMILES string of the molecule is COC(=O)[C@@H](CC(C)C)NC(=O)[C@H](NC(=O)c1noc(-c2cc(C(C)C)c(O)cc2O)c1-c1ccc(CN2CCOCC2)cc1)C(C)C. The van der Waals surface area contributed by atoms with Gasteiger partial charge < -0.3 is 34.8 Å². The first-order valence-corrected chi connectivity index (χ1v) is 16.4. The molecule has 4 rings (SSSR count). The van der Waals surface area contributed by atoms with Crippen LogP contribution in [0.1, 0.15) is 75.5 Å². The van der Waals surface area contributed by atoms with Gasteiger partial charge in [-0.1, -0.05) is 71.0 Å². The van der Waals surface area contributed by atoms with E-state index in [4.69, 9.17) is 14.0 Å². The molecule has 2 atom stereocenters. The van der Waals surface area contributed by atoms with Crippen molar-refractivity contribution in [1.29, 1.82) is 0 Å². The molecule has 1 aliphatic heterocycles. The number of phenols is 2. The highest BCUT2D eigenvalue weighted by atomic mass is 16.5. The van der Waals surface area contributed by atoms with Gasteiger partial charge in [0.25, 0.3) is 5.91 Å². The number of amides is 2. The Balaban J connectivity index is 1.72. The Hall–Kier alpha value is -4.42. The highest BCUT2D eigenvalue weighted by molar-refractivity contribution is 6.04. The van der Waals surface area contributed by atoms with Crippen molar-refractivity contribution in [2.24, 2.45) is 11.8 Å². The van der Waals surface area contributed by atoms with E-state index in [2.05, 4.69) is 20.7 Å². The lowest BCUT2D eigenvalue weighted by atomic mass is 9.93. The van der Waals surface area contributed by atoms with Crippen molar-refractivity contribution in [2.75, 3.05) is 33.4 Å². The smallest absolute Gasteiger partial charge is 0.328 e. The van der Waals surface area contributed by atoms with Crippen molar-refractivity contribution in [3.63, 3.8) is 0 Å². The van der Waals surface area contributed by atoms with Crippen LogP contribution < -0.4 is 10.6 Å². The van der Waals surface area contributed by atoms with Gasteiger partial charge in [0.2, 0.25) is 5.91 Å². The molecule has 12 nitrogen and oxygen atoms in total. The first kappa shape index (κ1) is 36.4. The van der Waals surface area contributed by atoms with Crippen molar-refractivity contribution in [1.82, 2.24) is 20.7 Å². The number of aromatic hydroxyl groups is 2. The molecular weight excluding hydrogens is 616 g/mol. The van der Waals surface area contributed by atoms with E-state index in [1.807, 2.05) is 52.0 Å². The molecular formula is C36H48N4O8. The zero-order valence-electron chi connectivity index (χ0n) is 28.8. The normalized spacial score (nSPS) is 15.0. The third kappa shape index (κ3) is 8.73. The van der Waals surface area contributed by atoms with Crippen LogP contribution in [0, 0.1) is 11.8 Å². The van der Waals surface area contributed by atoms with Crippen molar-refractivity contribution in [3.05, 3.63) is 53.2 Å². The molecule has 260 valence electrons. The number of rotatable bonds is 13. The summed E-state index contributed by atoms with van der Waals surface area (Å²) in [6, 6.07) is 8.63. The zero-order valence-corrected chi connectivity index (χ0v) is 28.8. The molecule has 0 unspecified atom stereocenters. The summed E-state index contributed by atoms with van der Waals surface area (Å²) in [6.07, 6.45) is 0.365. The third-order valence-corrected chi connectivity index (χ3v) is 8.42. The van der Waals surface area contributed by atoms with Crippen LogP contribution in [0.3, 0.4) is 0 Å². The van der Waals surface area contributed by atoms with E-state index in [1.165, 1.54) is 13.2 Å². The second-order valence-electron chi connectivity index (χ2n) is 13.3. The monoisotopic (exact) mass is 664 g/mol. The summed E-state index contributed by atoms with van der Waals surface area (Å²) in [5.41, 5.74) is 2.73. The number of methoxy groups -OCH3 is 1. The van der Waals surface area contributed by atoms with E-state index in [0.29, 0.717) is 36.3 Å². The molecule has 1 fully saturated rings. The fourth-order valence-corrected chi connectivity index (χ4v) is 5.76. The highest BCUT2D eigenvalue weighted by Crippen LogP contribution is 2.43. The van der Waals surface area contributed by atoms with Crippen LogP contribution in [-0.2, 0) is 25.6 Å². The fourth-order valence-electron chi connectivity index (χ4n) is 5.76. The Labute approximate surface area is 281 Å². The van der Waals surface area contributed by atoms with Gasteiger partial charge in [0, 0.05) is 25.7 Å². The number of esters is 1. The second-order valence-corrected chi connectivity index (χ2v) is 13.3. The third-order valence-electron chi connectivity index (χ3n) is 8.42. The Kier molecular flexibility index (Phi) is 12.2. The van der Waals surface area contributed by atoms with Gasteiger partial charge in [-0.3, -0.25) is 14.5 Å². The van der Waals surface area contributed by atoms with Crippen LogP contribution in [0.15, 0.2) is 40.9 Å². The summed E-state index contributed by atoms with van der Waals surface area (Å²) in [4.78, 5) is 42.2. The van der Waals surface area contributed by atoms with E-state index in [-0.39, 0.29) is 46.3 Å². The molecule has 1 aliphatic rings. The number of morpholine rings is 1. The Morgan fingerprint density at radius 3 is 2.21 bits per heavy atom. The summed E-state index contributed by atoms with van der Waals surface area (Å²) >= 11 is 0. The molecule has 0 radical (unpaired) electrons. The second kappa shape index (κ2) is 16.1. The molecule has 0 bridgehead atoms. The number of nitrogens with one attached hydrogen (secondary N) is 2. The van der Waals surface area contributed by atoms with Crippen molar-refractivity contribution in [3.8, 4) is 33.9 Å². The summed E-state index contributed by atoms with van der Waals surface area (Å²) in [5, 5.41) is 31.1. The van der Waals surface area contributed by atoms with Gasteiger partial charge in [0.15, 0.2) is 11.5 Å². The van der Waals surface area contributed by atoms with Gasteiger partial charge >= 0.3 is 5.97 Å². The number of nitrogens with zero attached hydrogens (tertiary/aromatic N) is 2. The van der Waals surface area contributed by atoms with Gasteiger partial charge in [-0.2, -0.15) is 0 Å². The zero-order chi connectivity index (χ0) is 35.1. The molecule has 1 saturated heterocycles. The number of hydrogen-bond donors (Lipinski definition) is 4. The Morgan fingerprint density at radius 2 is 1.62 bits per heavy atom. The lowest BCUT2D eigenvalue weighted by Gasteiger charge is -2.26. The lowest BCUT2D eigenvalue weighted by molar-refractivity contribution is -0.145. The van der Waals surface area contributed by atoms with Gasteiger partial charge in [-0.05, 0) is 46.9 Å². The van der Waals surface area contributed by atoms with E-state index < -0.39 is 29.9 Å². The van der Waals surface area contributed by atoms with Crippen LogP contribution in [0.4, 0.5) is 0 Å². The van der Waals surface area contributed by atoms with Crippen molar-refractivity contribution in [2.45, 2.75) is 72.5 Å². The number of carbonyl (C=O) groups excluding carboxylic acids is 3. The highest BCUT2D eigenvalue weighted by Gasteiger charge is 2.33. The molecule has 48 heavy (non-hydrogen) atoms. The number of benzene rings is 2. The molecule has 4 N–H and O–H groups in total. The molecule has 2 amide bonds. The molecule has 0 spiro atoms. The van der Waals surface area contributed by atoms with Crippen LogP contribution in [0.5, 0.6) is 11.5 Å². The van der Waals surface area contributed by atoms with E-state index >= 15 is 0 Å². The first-order valence-electron chi connectivity index (χ1n) is 16.4. The van der Waals surface area contributed by atoms with E-state index in [1.54, 1.807) is 19.9 Å². The summed E-state index contributed by atoms with van der Waals surface area (Å²) in [5.74, 6) is -2.28. The number of aromatic nitrogens is 1. The number of phenolic OH excluding ortho intramolecular Hbond substituents is 2. The summed E-state index contributed by atoms with van der Waals surface area (Å²) in [6.45, 7) is 15.0. The van der Waals surface area contributed by atoms with Gasteiger partial charge in [0.05, 0.1) is 31.5 Å². The summed E-state index contributed by atoms with van der Waals surface area (Å²) < 4.78 is 16.1. The van der Waals surface area contributed by atoms with Gasteiger partial charge in [-0.25, -0.2) is 4.79 Å². The van der Waals surface area contributed by atoms with Gasteiger partial charge in [0.1, 0.15) is 23.6 Å². The molecule has 2 aromatic carbocycles. The number of carbonyl (C=O) groups is 3. The maximum Gasteiger partial charge on any atom is 0.328 e. The average molecular weight is 665 g/mol. The molecule has 0 aliphatic carbocycles. The minimum Gasteiger partial charge on any atom is -0.508 e. The largest absolute Gasteiger partial charge is 0.508 e. The van der Waals surface area contributed by atoms with Crippen LogP contribution >= 0.6 is 0 Å². The van der Waals surface area contributed by atoms with Crippen molar-refractivity contribution >= 4 is 17.8 Å². The Morgan fingerprint density at radius 1 is 0.958 bits per heavy atom. The molecule has 0 saturated carbocycles. The minimum atomic E-state index is -1.02. The van der Waals surface area contributed by atoms with Crippen molar-refractivity contribution < 1.29 is 38.6 Å². The lowest BCUT2D eigenvalue weighted by Crippen LogP contribution is -2.54. The van der Waals surface area contributed by atoms with Crippen LogP contribution in [-0.4, -0.2) is 83.6 Å². The molecule has 1 aromatic heterocycles. The summed E-state index contributed by atoms with van der Waals surface area (Å²) in [7, 11) is 1.26. The molecule has 3 aromatic rings. The standard InChI is InChI=1S/C36H48N4O8/c1-20(2)16-27(36(45)46-7)37-34(43)31(22(5)6)38-35(44)32-30(24-10-8-23(9-11-24)19-40-12-14-47-15-13-40)33(48-39-32)26-17-25(21(3)4)28(41)18-29(26)42/h8-11,17-18,20-22,27,31,41-42H,12-16,19H2,1-7H3,(H,37,43)(H,38,44)/t27-,31-/m1/s1. The topological polar surface area (TPSA) is 163 Å². The fraction of sp³-hybridized carbons (Fsp3) is 0.500. The van der Waals surface area contributed by atoms with E-state index in [0.717, 1.165) is 25.2 Å². The number of ether oxygens (including phenoxy) is 2. The van der Waals surface area contributed by atoms with E-state index in [9.17, 15) is 24.6 Å². The number of hydrogen-bond acceptors (Lipinski definition) is 10. The molecule has 2 heterocycles. The maximum absolute atomic E-state index is 14.0. The van der Waals surface area contributed by atoms with Gasteiger partial charge in [-0.15, -0.1) is 0 Å².